The SMILES string of the molecule is CCNC(=NCc1ccc(C(=O)N(CC)CC)cc1)NCc1ccccc1OC.I. The van der Waals surface area contributed by atoms with E-state index in [9.17, 15) is 4.79 Å². The fourth-order valence-corrected chi connectivity index (χ4v) is 2.99. The number of hydrogen-bond acceptors (Lipinski definition) is 3. The molecule has 0 radical (unpaired) electrons. The Morgan fingerprint density at radius 2 is 1.67 bits per heavy atom. The number of ether oxygens (including phenoxy) is 1. The Morgan fingerprint density at radius 3 is 2.27 bits per heavy atom. The molecule has 1 amide bonds. The highest BCUT2D eigenvalue weighted by molar-refractivity contribution is 14.0. The number of hydrogen-bond donors (Lipinski definition) is 2. The number of benzene rings is 2. The molecule has 2 N–H and O–H groups in total. The van der Waals surface area contributed by atoms with Crippen LogP contribution in [0.1, 0.15) is 42.3 Å². The zero-order valence-electron chi connectivity index (χ0n) is 18.3. The summed E-state index contributed by atoms with van der Waals surface area (Å²) >= 11 is 0. The van der Waals surface area contributed by atoms with Gasteiger partial charge in [-0.25, -0.2) is 4.99 Å². The summed E-state index contributed by atoms with van der Waals surface area (Å²) in [5.74, 6) is 1.66. The Morgan fingerprint density at radius 1 is 1.00 bits per heavy atom. The van der Waals surface area contributed by atoms with Crippen molar-refractivity contribution in [1.82, 2.24) is 15.5 Å². The standard InChI is InChI=1S/C23H32N4O2.HI/c1-5-24-23(26-17-20-10-8-9-11-21(20)29-4)25-16-18-12-14-19(15-13-18)22(28)27(6-2)7-3;/h8-15H,5-7,16-17H2,1-4H3,(H2,24,25,26);1H. The van der Waals surface area contributed by atoms with Gasteiger partial charge in [0.25, 0.3) is 5.91 Å². The summed E-state index contributed by atoms with van der Waals surface area (Å²) in [6, 6.07) is 15.6. The Bertz CT molecular complexity index is 805. The lowest BCUT2D eigenvalue weighted by atomic mass is 10.1. The van der Waals surface area contributed by atoms with Crippen LogP contribution in [0, 0.1) is 0 Å². The van der Waals surface area contributed by atoms with E-state index in [-0.39, 0.29) is 29.9 Å². The third kappa shape index (κ3) is 7.51. The lowest BCUT2D eigenvalue weighted by Crippen LogP contribution is -2.36. The molecule has 0 saturated carbocycles. The number of halogens is 1. The number of carbonyl (C=O) groups excluding carboxylic acids is 1. The minimum Gasteiger partial charge on any atom is -0.496 e. The molecule has 0 spiro atoms. The van der Waals surface area contributed by atoms with E-state index in [1.54, 1.807) is 7.11 Å². The van der Waals surface area contributed by atoms with Gasteiger partial charge < -0.3 is 20.3 Å². The molecule has 6 nitrogen and oxygen atoms in total. The van der Waals surface area contributed by atoms with Crippen molar-refractivity contribution in [3.63, 3.8) is 0 Å². The highest BCUT2D eigenvalue weighted by Gasteiger charge is 2.11. The molecule has 7 heteroatoms. The van der Waals surface area contributed by atoms with Crippen LogP contribution >= 0.6 is 24.0 Å². The number of nitrogens with one attached hydrogen (secondary N) is 2. The average Bonchev–Trinajstić information content (AvgIpc) is 2.77. The Hall–Kier alpha value is -2.29. The second kappa shape index (κ2) is 13.8. The first-order chi connectivity index (χ1) is 14.1. The molecule has 0 fully saturated rings. The zero-order valence-corrected chi connectivity index (χ0v) is 20.6. The summed E-state index contributed by atoms with van der Waals surface area (Å²) in [5, 5.41) is 6.60. The van der Waals surface area contributed by atoms with Crippen molar-refractivity contribution in [2.75, 3.05) is 26.7 Å². The smallest absolute Gasteiger partial charge is 0.253 e. The van der Waals surface area contributed by atoms with Gasteiger partial charge in [-0.1, -0.05) is 30.3 Å². The summed E-state index contributed by atoms with van der Waals surface area (Å²) < 4.78 is 5.40. The maximum absolute atomic E-state index is 12.4. The van der Waals surface area contributed by atoms with Crippen LogP contribution in [0.15, 0.2) is 53.5 Å². The monoisotopic (exact) mass is 524 g/mol. The minimum atomic E-state index is 0. The molecule has 0 saturated heterocycles. The lowest BCUT2D eigenvalue weighted by molar-refractivity contribution is 0.0773. The quantitative estimate of drug-likeness (QED) is 0.295. The maximum atomic E-state index is 12.4. The van der Waals surface area contributed by atoms with E-state index in [4.69, 9.17) is 4.74 Å². The molecule has 2 rings (SSSR count). The number of methoxy groups -OCH3 is 1. The normalized spacial score (nSPS) is 10.7. The van der Waals surface area contributed by atoms with Gasteiger partial charge in [-0.15, -0.1) is 24.0 Å². The topological polar surface area (TPSA) is 66.0 Å². The molecule has 0 aromatic heterocycles. The van der Waals surface area contributed by atoms with Gasteiger partial charge in [-0.05, 0) is 44.5 Å². The van der Waals surface area contributed by atoms with Crippen LogP contribution in [-0.2, 0) is 13.1 Å². The van der Waals surface area contributed by atoms with Crippen LogP contribution in [0.4, 0.5) is 0 Å². The molecule has 0 aliphatic rings. The van der Waals surface area contributed by atoms with E-state index < -0.39 is 0 Å². The summed E-state index contributed by atoms with van der Waals surface area (Å²) in [7, 11) is 1.67. The van der Waals surface area contributed by atoms with E-state index in [1.165, 1.54) is 0 Å². The maximum Gasteiger partial charge on any atom is 0.253 e. The molecule has 0 unspecified atom stereocenters. The first-order valence-electron chi connectivity index (χ1n) is 10.1. The molecular weight excluding hydrogens is 491 g/mol. The fourth-order valence-electron chi connectivity index (χ4n) is 2.99. The molecule has 0 aliphatic heterocycles. The highest BCUT2D eigenvalue weighted by atomic mass is 127. The van der Waals surface area contributed by atoms with Crippen LogP contribution in [0.2, 0.25) is 0 Å². The van der Waals surface area contributed by atoms with Gasteiger partial charge in [0.1, 0.15) is 5.75 Å². The number of amides is 1. The molecular formula is C23H33IN4O2. The first kappa shape index (κ1) is 25.7. The van der Waals surface area contributed by atoms with E-state index in [0.29, 0.717) is 31.7 Å². The van der Waals surface area contributed by atoms with E-state index in [1.807, 2.05) is 74.2 Å². The Kier molecular flexibility index (Phi) is 11.9. The number of para-hydroxylation sites is 1. The van der Waals surface area contributed by atoms with Crippen molar-refractivity contribution >= 4 is 35.8 Å². The van der Waals surface area contributed by atoms with Crippen LogP contribution in [0.25, 0.3) is 0 Å². The lowest BCUT2D eigenvalue weighted by Gasteiger charge is -2.18. The molecule has 0 bridgehead atoms. The Labute approximate surface area is 197 Å². The predicted molar refractivity (Wildman–Crippen MR) is 134 cm³/mol. The van der Waals surface area contributed by atoms with Gasteiger partial charge in [-0.3, -0.25) is 4.79 Å². The van der Waals surface area contributed by atoms with Crippen LogP contribution in [0.3, 0.4) is 0 Å². The number of aliphatic imine (C=N–C) groups is 1. The van der Waals surface area contributed by atoms with Crippen molar-refractivity contribution in [1.29, 1.82) is 0 Å². The van der Waals surface area contributed by atoms with Gasteiger partial charge >= 0.3 is 0 Å². The molecule has 0 heterocycles. The summed E-state index contributed by atoms with van der Waals surface area (Å²) in [4.78, 5) is 18.9. The largest absolute Gasteiger partial charge is 0.496 e. The molecule has 0 aliphatic carbocycles. The van der Waals surface area contributed by atoms with Gasteiger partial charge in [0, 0.05) is 37.3 Å². The van der Waals surface area contributed by atoms with E-state index in [2.05, 4.69) is 15.6 Å². The predicted octanol–water partition coefficient (Wildman–Crippen LogP) is 4.05. The van der Waals surface area contributed by atoms with Crippen molar-refractivity contribution in [3.8, 4) is 5.75 Å². The number of rotatable bonds is 9. The van der Waals surface area contributed by atoms with E-state index >= 15 is 0 Å². The molecule has 30 heavy (non-hydrogen) atoms. The van der Waals surface area contributed by atoms with E-state index in [0.717, 1.165) is 29.4 Å². The highest BCUT2D eigenvalue weighted by Crippen LogP contribution is 2.16. The summed E-state index contributed by atoms with van der Waals surface area (Å²) in [6.07, 6.45) is 0. The van der Waals surface area contributed by atoms with Crippen molar-refractivity contribution < 1.29 is 9.53 Å². The molecule has 2 aromatic carbocycles. The molecule has 2 aromatic rings. The third-order valence-electron chi connectivity index (χ3n) is 4.65. The molecule has 0 atom stereocenters. The van der Waals surface area contributed by atoms with Crippen molar-refractivity contribution in [3.05, 3.63) is 65.2 Å². The third-order valence-corrected chi connectivity index (χ3v) is 4.65. The zero-order chi connectivity index (χ0) is 21.1. The number of carbonyl (C=O) groups is 1. The van der Waals surface area contributed by atoms with Gasteiger partial charge in [-0.2, -0.15) is 0 Å². The minimum absolute atomic E-state index is 0. The van der Waals surface area contributed by atoms with Gasteiger partial charge in [0.15, 0.2) is 5.96 Å². The average molecular weight is 524 g/mol. The van der Waals surface area contributed by atoms with Crippen LogP contribution < -0.4 is 15.4 Å². The second-order valence-corrected chi connectivity index (χ2v) is 6.53. The van der Waals surface area contributed by atoms with Crippen molar-refractivity contribution in [2.24, 2.45) is 4.99 Å². The second-order valence-electron chi connectivity index (χ2n) is 6.53. The van der Waals surface area contributed by atoms with Crippen LogP contribution in [0.5, 0.6) is 5.75 Å². The number of nitrogens with zero attached hydrogens (tertiary/aromatic N) is 2. The van der Waals surface area contributed by atoms with Gasteiger partial charge in [0.05, 0.1) is 13.7 Å². The van der Waals surface area contributed by atoms with Gasteiger partial charge in [0.2, 0.25) is 0 Å². The molecule has 164 valence electrons. The Balaban J connectivity index is 0.00000450. The number of guanidine groups is 1. The van der Waals surface area contributed by atoms with Crippen molar-refractivity contribution in [2.45, 2.75) is 33.9 Å². The summed E-state index contributed by atoms with van der Waals surface area (Å²) in [5.41, 5.74) is 2.83. The van der Waals surface area contributed by atoms with Crippen LogP contribution in [-0.4, -0.2) is 43.5 Å². The fraction of sp³-hybridized carbons (Fsp3) is 0.391. The summed E-state index contributed by atoms with van der Waals surface area (Å²) in [6.45, 7) is 9.36. The first-order valence-corrected chi connectivity index (χ1v) is 10.1.